The number of nitrogens with one attached hydrogen (secondary N) is 1. The van der Waals surface area contributed by atoms with Gasteiger partial charge in [0.15, 0.2) is 5.69 Å². The van der Waals surface area contributed by atoms with Crippen molar-refractivity contribution in [2.75, 3.05) is 6.61 Å². The van der Waals surface area contributed by atoms with Crippen LogP contribution in [0.5, 0.6) is 5.88 Å². The van der Waals surface area contributed by atoms with Crippen molar-refractivity contribution in [1.29, 1.82) is 0 Å². The Balaban J connectivity index is 1.58. The van der Waals surface area contributed by atoms with Gasteiger partial charge in [0.1, 0.15) is 0 Å². The Kier molecular flexibility index (Phi) is 6.83. The molecular formula is C29H22N4O6. The van der Waals surface area contributed by atoms with Gasteiger partial charge in [-0.25, -0.2) is 4.79 Å². The van der Waals surface area contributed by atoms with E-state index < -0.39 is 35.3 Å². The molecule has 0 bridgehead atoms. The SMILES string of the molecule is CCOC(=O)c1cc(=O)[nH]c(O)c1N=Nc1cccc2c1C(=O)N(C(c1ccccc1)c1ccccc1)C2=O. The number of benzene rings is 3. The summed E-state index contributed by atoms with van der Waals surface area (Å²) >= 11 is 0. The molecule has 2 N–H and O–H groups in total. The fraction of sp³-hybridized carbons (Fsp3) is 0.103. The molecule has 0 spiro atoms. The van der Waals surface area contributed by atoms with Gasteiger partial charge in [0, 0.05) is 6.07 Å². The minimum absolute atomic E-state index is 0.0321. The molecule has 0 fully saturated rings. The van der Waals surface area contributed by atoms with Crippen molar-refractivity contribution in [1.82, 2.24) is 9.88 Å². The molecule has 4 aromatic rings. The average molecular weight is 523 g/mol. The maximum Gasteiger partial charge on any atom is 0.340 e. The number of nitrogens with zero attached hydrogens (tertiary/aromatic N) is 3. The van der Waals surface area contributed by atoms with Gasteiger partial charge in [-0.2, -0.15) is 0 Å². The molecule has 10 nitrogen and oxygen atoms in total. The zero-order valence-corrected chi connectivity index (χ0v) is 20.7. The lowest BCUT2D eigenvalue weighted by Gasteiger charge is -2.27. The van der Waals surface area contributed by atoms with E-state index in [9.17, 15) is 24.3 Å². The lowest BCUT2D eigenvalue weighted by molar-refractivity contribution is 0.0524. The highest BCUT2D eigenvalue weighted by atomic mass is 16.5. The second kappa shape index (κ2) is 10.5. The number of carbonyl (C=O) groups excluding carboxylic acids is 3. The molecule has 0 aliphatic carbocycles. The van der Waals surface area contributed by atoms with Gasteiger partial charge in [-0.05, 0) is 30.2 Å². The Morgan fingerprint density at radius 3 is 2.15 bits per heavy atom. The van der Waals surface area contributed by atoms with Crippen LogP contribution in [0.3, 0.4) is 0 Å². The number of esters is 1. The summed E-state index contributed by atoms with van der Waals surface area (Å²) in [5.74, 6) is -2.64. The molecule has 1 aliphatic rings. The molecule has 0 unspecified atom stereocenters. The normalized spacial score (nSPS) is 12.8. The largest absolute Gasteiger partial charge is 0.493 e. The van der Waals surface area contributed by atoms with Gasteiger partial charge in [0.25, 0.3) is 17.4 Å². The van der Waals surface area contributed by atoms with Crippen molar-refractivity contribution in [3.63, 3.8) is 0 Å². The van der Waals surface area contributed by atoms with Crippen molar-refractivity contribution in [3.05, 3.63) is 123 Å². The first kappa shape index (κ1) is 25.3. The van der Waals surface area contributed by atoms with Crippen LogP contribution in [0.15, 0.2) is 100.0 Å². The molecule has 39 heavy (non-hydrogen) atoms. The van der Waals surface area contributed by atoms with Crippen molar-refractivity contribution in [2.24, 2.45) is 10.2 Å². The molecular weight excluding hydrogens is 500 g/mol. The smallest absolute Gasteiger partial charge is 0.340 e. The Morgan fingerprint density at radius 1 is 0.897 bits per heavy atom. The summed E-state index contributed by atoms with van der Waals surface area (Å²) in [4.78, 5) is 55.0. The van der Waals surface area contributed by atoms with Gasteiger partial charge in [-0.1, -0.05) is 66.7 Å². The number of ether oxygens (including phenoxy) is 1. The number of aromatic hydroxyl groups is 1. The van der Waals surface area contributed by atoms with Crippen molar-refractivity contribution in [2.45, 2.75) is 13.0 Å². The molecule has 0 atom stereocenters. The van der Waals surface area contributed by atoms with Crippen LogP contribution in [0.2, 0.25) is 0 Å². The summed E-state index contributed by atoms with van der Waals surface area (Å²) < 4.78 is 4.95. The third-order valence-corrected chi connectivity index (χ3v) is 6.16. The van der Waals surface area contributed by atoms with E-state index in [1.165, 1.54) is 17.0 Å². The Bertz CT molecular complexity index is 1630. The highest BCUT2D eigenvalue weighted by Gasteiger charge is 2.42. The van der Waals surface area contributed by atoms with Crippen molar-refractivity contribution < 1.29 is 24.2 Å². The third-order valence-electron chi connectivity index (χ3n) is 6.16. The average Bonchev–Trinajstić information content (AvgIpc) is 3.19. The number of aromatic amines is 1. The van der Waals surface area contributed by atoms with Crippen LogP contribution in [0, 0.1) is 0 Å². The molecule has 1 aromatic heterocycles. The first-order valence-electron chi connectivity index (χ1n) is 12.1. The predicted octanol–water partition coefficient (Wildman–Crippen LogP) is 5.06. The minimum Gasteiger partial charge on any atom is -0.493 e. The fourth-order valence-corrected chi connectivity index (χ4v) is 4.47. The van der Waals surface area contributed by atoms with Crippen LogP contribution in [0.25, 0.3) is 0 Å². The molecule has 194 valence electrons. The molecule has 1 aliphatic heterocycles. The van der Waals surface area contributed by atoms with Crippen LogP contribution in [0.1, 0.15) is 55.2 Å². The van der Waals surface area contributed by atoms with Crippen molar-refractivity contribution >= 4 is 29.2 Å². The second-order valence-corrected chi connectivity index (χ2v) is 8.57. The Labute approximate surface area is 222 Å². The molecule has 0 radical (unpaired) electrons. The Morgan fingerprint density at radius 2 is 1.54 bits per heavy atom. The summed E-state index contributed by atoms with van der Waals surface area (Å²) in [7, 11) is 0. The number of imide groups is 1. The number of pyridine rings is 1. The van der Waals surface area contributed by atoms with E-state index in [-0.39, 0.29) is 34.7 Å². The monoisotopic (exact) mass is 522 g/mol. The quantitative estimate of drug-likeness (QED) is 0.197. The standard InChI is InChI=1S/C29H22N4O6/c1-2-39-29(38)20-16-22(34)30-26(35)24(20)32-31-21-15-9-14-19-23(21)28(37)33(27(19)36)25(17-10-5-3-6-11-17)18-12-7-4-8-13-18/h3-16,25H,2H2,1H3,(H2,30,34,35). The zero-order chi connectivity index (χ0) is 27.5. The summed E-state index contributed by atoms with van der Waals surface area (Å²) in [5.41, 5.74) is 0.344. The van der Waals surface area contributed by atoms with Gasteiger partial charge >= 0.3 is 5.97 Å². The van der Waals surface area contributed by atoms with E-state index in [1.54, 1.807) is 13.0 Å². The molecule has 0 saturated heterocycles. The summed E-state index contributed by atoms with van der Waals surface area (Å²) in [6, 6.07) is 23.2. The predicted molar refractivity (Wildman–Crippen MR) is 141 cm³/mol. The number of H-pyrrole nitrogens is 1. The first-order chi connectivity index (χ1) is 18.9. The molecule has 5 rings (SSSR count). The van der Waals surface area contributed by atoms with Crippen LogP contribution >= 0.6 is 0 Å². The third kappa shape index (κ3) is 4.71. The van der Waals surface area contributed by atoms with E-state index >= 15 is 0 Å². The maximum atomic E-state index is 13.8. The number of amides is 2. The van der Waals surface area contributed by atoms with E-state index in [0.717, 1.165) is 17.2 Å². The summed E-state index contributed by atoms with van der Waals surface area (Å²) in [5, 5.41) is 18.3. The van der Waals surface area contributed by atoms with Crippen molar-refractivity contribution in [3.8, 4) is 5.88 Å². The van der Waals surface area contributed by atoms with Crippen LogP contribution in [0.4, 0.5) is 11.4 Å². The molecule has 10 heteroatoms. The zero-order valence-electron chi connectivity index (χ0n) is 20.7. The van der Waals surface area contributed by atoms with Crippen LogP contribution in [-0.2, 0) is 4.74 Å². The van der Waals surface area contributed by atoms with Gasteiger partial charge in [0.2, 0.25) is 5.88 Å². The topological polar surface area (TPSA) is 141 Å². The van der Waals surface area contributed by atoms with E-state index in [4.69, 9.17) is 4.74 Å². The minimum atomic E-state index is -0.878. The lowest BCUT2D eigenvalue weighted by Crippen LogP contribution is -2.34. The fourth-order valence-electron chi connectivity index (χ4n) is 4.47. The van der Waals surface area contributed by atoms with E-state index in [2.05, 4.69) is 15.2 Å². The van der Waals surface area contributed by atoms with Crippen LogP contribution in [-0.4, -0.2) is 39.4 Å². The summed E-state index contributed by atoms with van der Waals surface area (Å²) in [6.45, 7) is 1.62. The number of carbonyl (C=O) groups is 3. The number of hydrogen-bond acceptors (Lipinski definition) is 8. The van der Waals surface area contributed by atoms with Gasteiger partial charge in [0.05, 0.1) is 35.0 Å². The molecule has 2 heterocycles. The highest BCUT2D eigenvalue weighted by molar-refractivity contribution is 6.23. The van der Waals surface area contributed by atoms with Gasteiger partial charge in [-0.15, -0.1) is 10.2 Å². The Hall–Kier alpha value is -5.38. The molecule has 0 saturated carbocycles. The number of rotatable bonds is 7. The second-order valence-electron chi connectivity index (χ2n) is 8.57. The van der Waals surface area contributed by atoms with E-state index in [0.29, 0.717) is 0 Å². The summed E-state index contributed by atoms with van der Waals surface area (Å²) in [6.07, 6.45) is 0. The van der Waals surface area contributed by atoms with E-state index in [1.807, 2.05) is 60.7 Å². The number of fused-ring (bicyclic) bond motifs is 1. The van der Waals surface area contributed by atoms with Crippen LogP contribution < -0.4 is 5.56 Å². The van der Waals surface area contributed by atoms with Gasteiger partial charge < -0.3 is 9.84 Å². The number of azo groups is 1. The maximum absolute atomic E-state index is 13.8. The highest BCUT2D eigenvalue weighted by Crippen LogP contribution is 2.40. The number of hydrogen-bond donors (Lipinski definition) is 2. The first-order valence-corrected chi connectivity index (χ1v) is 12.1. The number of aromatic nitrogens is 1. The van der Waals surface area contributed by atoms with Gasteiger partial charge in [-0.3, -0.25) is 24.3 Å². The lowest BCUT2D eigenvalue weighted by atomic mass is 9.97. The molecule has 2 amide bonds. The molecule has 3 aromatic carbocycles.